The highest BCUT2D eigenvalue weighted by Gasteiger charge is 2.35. The number of halogens is 2. The van der Waals surface area contributed by atoms with Crippen LogP contribution in [0, 0.1) is 11.8 Å². The molecule has 0 aromatic heterocycles. The number of hydrogen-bond donors (Lipinski definition) is 12. The Morgan fingerprint density at radius 1 is 0.535 bits per heavy atom. The molecule has 0 saturated heterocycles. The summed E-state index contributed by atoms with van der Waals surface area (Å²) in [6.07, 6.45) is -3.18. The number of nitrogens with two attached hydrogens (primary N) is 1. The number of amides is 7. The zero-order valence-corrected chi connectivity index (χ0v) is 42.8. The molecule has 2 aromatic rings. The van der Waals surface area contributed by atoms with Gasteiger partial charge in [-0.05, 0) is 61.3 Å². The molecule has 390 valence electrons. The van der Waals surface area contributed by atoms with Crippen LogP contribution in [0.1, 0.15) is 84.3 Å². The minimum absolute atomic E-state index is 0.0153. The molecule has 2 aromatic carbocycles. The van der Waals surface area contributed by atoms with Gasteiger partial charge in [0.15, 0.2) is 0 Å². The molecular weight excluding hydrogens is 1060 g/mol. The van der Waals surface area contributed by atoms with Crippen molar-refractivity contribution in [2.24, 2.45) is 17.6 Å². The van der Waals surface area contributed by atoms with Crippen molar-refractivity contribution in [3.05, 3.63) is 68.6 Å². The van der Waals surface area contributed by atoms with Gasteiger partial charge in [-0.3, -0.25) is 47.9 Å². The number of carboxylic acids is 4. The third-order valence-corrected chi connectivity index (χ3v) is 11.8. The fourth-order valence-electron chi connectivity index (χ4n) is 6.75. The molecule has 0 heterocycles. The topological polar surface area (TPSA) is 379 Å². The molecule has 0 unspecified atom stereocenters. The van der Waals surface area contributed by atoms with Gasteiger partial charge in [0, 0.05) is 34.6 Å². The SMILES string of the molecule is CC(C)C[C@H](NC(=O)[C@@H](NC(=O)[C@@H](N)CCC(=O)O)C(C)C)C(=O)N[C@@H](Cc1ccc(Br)cc1Br)C(=O)N[C@@H](CC(=O)O)C(=O)N[C@@H](C)C(=O)N[C@@H](CCC(=O)O)C(=O)N[C@@H](Cc1ccccc1)C(=O)O. The van der Waals surface area contributed by atoms with Crippen LogP contribution in [0.5, 0.6) is 0 Å². The molecule has 0 saturated carbocycles. The number of carbonyl (C=O) groups excluding carboxylic acids is 7. The van der Waals surface area contributed by atoms with Crippen LogP contribution >= 0.6 is 31.9 Å². The van der Waals surface area contributed by atoms with Gasteiger partial charge < -0.3 is 63.4 Å². The first kappa shape index (κ1) is 60.7. The Balaban J connectivity index is 2.39. The predicted octanol–water partition coefficient (Wildman–Crippen LogP) is 0.729. The third-order valence-electron chi connectivity index (χ3n) is 10.6. The van der Waals surface area contributed by atoms with Gasteiger partial charge in [-0.15, -0.1) is 0 Å². The van der Waals surface area contributed by atoms with E-state index in [0.717, 1.165) is 6.92 Å². The molecule has 25 heteroatoms. The number of rotatable bonds is 30. The normalized spacial score (nSPS) is 14.5. The van der Waals surface area contributed by atoms with Gasteiger partial charge in [0.1, 0.15) is 42.3 Å². The zero-order valence-electron chi connectivity index (χ0n) is 39.7. The summed E-state index contributed by atoms with van der Waals surface area (Å²) >= 11 is 6.76. The summed E-state index contributed by atoms with van der Waals surface area (Å²) in [4.78, 5) is 142. The van der Waals surface area contributed by atoms with Crippen LogP contribution in [0.25, 0.3) is 0 Å². The van der Waals surface area contributed by atoms with E-state index in [1.54, 1.807) is 76.2 Å². The number of carboxylic acid groups (broad SMARTS) is 4. The lowest BCUT2D eigenvalue weighted by molar-refractivity contribution is -0.143. The molecular formula is C46H62Br2N8O15. The maximum Gasteiger partial charge on any atom is 0.326 e. The molecule has 0 aliphatic heterocycles. The number of benzene rings is 2. The second-order valence-electron chi connectivity index (χ2n) is 17.4. The van der Waals surface area contributed by atoms with Crippen LogP contribution < -0.4 is 43.0 Å². The van der Waals surface area contributed by atoms with Crippen LogP contribution in [0.3, 0.4) is 0 Å². The maximum absolute atomic E-state index is 14.2. The lowest BCUT2D eigenvalue weighted by Gasteiger charge is -2.29. The monoisotopic (exact) mass is 1120 g/mol. The summed E-state index contributed by atoms with van der Waals surface area (Å²) in [6, 6.07) is 1.25. The number of hydrogen-bond acceptors (Lipinski definition) is 12. The van der Waals surface area contributed by atoms with Gasteiger partial charge in [-0.2, -0.15) is 0 Å². The fraction of sp³-hybridized carbons (Fsp3) is 0.500. The molecule has 0 fully saturated rings. The average Bonchev–Trinajstić information content (AvgIpc) is 3.27. The van der Waals surface area contributed by atoms with E-state index in [9.17, 15) is 68.1 Å². The van der Waals surface area contributed by atoms with E-state index in [-0.39, 0.29) is 31.6 Å². The molecule has 2 rings (SSSR count). The summed E-state index contributed by atoms with van der Waals surface area (Å²) in [5, 5.41) is 54.8. The molecule has 7 amide bonds. The predicted molar refractivity (Wildman–Crippen MR) is 261 cm³/mol. The van der Waals surface area contributed by atoms with Crippen molar-refractivity contribution < 1.29 is 73.2 Å². The van der Waals surface area contributed by atoms with E-state index in [1.165, 1.54) is 0 Å². The third kappa shape index (κ3) is 22.0. The summed E-state index contributed by atoms with van der Waals surface area (Å²) in [6.45, 7) is 7.88. The second-order valence-corrected chi connectivity index (χ2v) is 19.2. The van der Waals surface area contributed by atoms with Crippen molar-refractivity contribution in [3.8, 4) is 0 Å². The van der Waals surface area contributed by atoms with E-state index in [1.807, 2.05) is 0 Å². The molecule has 0 aliphatic carbocycles. The molecule has 8 atom stereocenters. The highest BCUT2D eigenvalue weighted by Crippen LogP contribution is 2.23. The number of aliphatic carboxylic acids is 4. The average molecular weight is 1130 g/mol. The van der Waals surface area contributed by atoms with Gasteiger partial charge in [0.2, 0.25) is 41.4 Å². The molecule has 71 heavy (non-hydrogen) atoms. The standard InChI is InChI=1S/C46H62Br2N8O15/c1-22(2)17-31(54-45(69)38(23(3)4)56-40(64)29(49)13-15-35(57)58)43(67)52-32(19-26-11-12-27(47)20-28(26)48)44(68)53-33(21-37(61)62)42(66)50-24(5)39(63)51-30(14-16-36(59)60)41(65)55-34(46(70)71)18-25-9-7-6-8-10-25/h6-12,20,22-24,29-34,38H,13-19,21,49H2,1-5H3,(H,50,66)(H,51,63)(H,52,67)(H,53,68)(H,54,69)(H,55,65)(H,56,64)(H,57,58)(H,59,60)(H,61,62)(H,70,71)/t24-,29-,30-,31-,32-,33-,34-,38-/m0/s1. The van der Waals surface area contributed by atoms with E-state index in [2.05, 4.69) is 69.1 Å². The number of carbonyl (C=O) groups is 11. The lowest BCUT2D eigenvalue weighted by atomic mass is 9.98. The zero-order chi connectivity index (χ0) is 53.7. The van der Waals surface area contributed by atoms with Crippen LogP contribution in [0.4, 0.5) is 0 Å². The highest BCUT2D eigenvalue weighted by atomic mass is 79.9. The highest BCUT2D eigenvalue weighted by molar-refractivity contribution is 9.11. The first-order chi connectivity index (χ1) is 33.2. The van der Waals surface area contributed by atoms with Gasteiger partial charge in [0.25, 0.3) is 0 Å². The Bertz CT molecular complexity index is 2250. The van der Waals surface area contributed by atoms with Crippen LogP contribution in [0.2, 0.25) is 0 Å². The lowest BCUT2D eigenvalue weighted by Crippen LogP contribution is -2.61. The summed E-state index contributed by atoms with van der Waals surface area (Å²) in [7, 11) is 0. The Kier molecular flexibility index (Phi) is 25.3. The van der Waals surface area contributed by atoms with Gasteiger partial charge in [0.05, 0.1) is 12.5 Å². The quantitative estimate of drug-likeness (QED) is 0.0513. The van der Waals surface area contributed by atoms with Crippen molar-refractivity contribution in [1.82, 2.24) is 37.2 Å². The molecule has 0 aliphatic rings. The summed E-state index contributed by atoms with van der Waals surface area (Å²) in [5.74, 6) is -13.1. The Hall–Kier alpha value is -6.47. The van der Waals surface area contributed by atoms with E-state index in [0.29, 0.717) is 20.1 Å². The molecule has 0 spiro atoms. The van der Waals surface area contributed by atoms with Crippen LogP contribution in [0.15, 0.2) is 57.5 Å². The molecule has 23 nitrogen and oxygen atoms in total. The van der Waals surface area contributed by atoms with Crippen molar-refractivity contribution in [3.63, 3.8) is 0 Å². The van der Waals surface area contributed by atoms with Gasteiger partial charge >= 0.3 is 23.9 Å². The van der Waals surface area contributed by atoms with E-state index >= 15 is 0 Å². The summed E-state index contributed by atoms with van der Waals surface area (Å²) < 4.78 is 1.12. The molecule has 0 radical (unpaired) electrons. The Labute approximate surface area is 426 Å². The maximum atomic E-state index is 14.2. The molecule has 0 bridgehead atoms. The van der Waals surface area contributed by atoms with Crippen molar-refractivity contribution >= 4 is 97.1 Å². The Morgan fingerprint density at radius 2 is 1.06 bits per heavy atom. The van der Waals surface area contributed by atoms with Crippen molar-refractivity contribution in [2.75, 3.05) is 0 Å². The van der Waals surface area contributed by atoms with E-state index < -0.39 is 145 Å². The second kappa shape index (κ2) is 29.7. The van der Waals surface area contributed by atoms with Crippen LogP contribution in [-0.2, 0) is 65.6 Å². The molecule has 13 N–H and O–H groups in total. The van der Waals surface area contributed by atoms with E-state index in [4.69, 9.17) is 10.8 Å². The van der Waals surface area contributed by atoms with Crippen molar-refractivity contribution in [1.29, 1.82) is 0 Å². The smallest absolute Gasteiger partial charge is 0.326 e. The summed E-state index contributed by atoms with van der Waals surface area (Å²) in [5.41, 5.74) is 6.87. The van der Waals surface area contributed by atoms with Gasteiger partial charge in [-0.25, -0.2) is 4.79 Å². The first-order valence-corrected chi connectivity index (χ1v) is 24.0. The minimum atomic E-state index is -1.90. The minimum Gasteiger partial charge on any atom is -0.481 e. The van der Waals surface area contributed by atoms with Gasteiger partial charge in [-0.1, -0.05) is 96.0 Å². The van der Waals surface area contributed by atoms with Crippen molar-refractivity contribution in [2.45, 2.75) is 134 Å². The van der Waals surface area contributed by atoms with Crippen LogP contribution in [-0.4, -0.2) is 134 Å². The first-order valence-electron chi connectivity index (χ1n) is 22.4. The fourth-order valence-corrected chi connectivity index (χ4v) is 7.96. The largest absolute Gasteiger partial charge is 0.481 e. The Morgan fingerprint density at radius 3 is 1.61 bits per heavy atom. The number of nitrogens with one attached hydrogen (secondary N) is 7.